The summed E-state index contributed by atoms with van der Waals surface area (Å²) < 4.78 is 2.06. The standard InChI is InChI=1S/C24H23N7O/c1-16(2)21-27-28-22-19-8-3-4-9-20(19)26-24(31(21)22)30-12-10-29(11-13-30)23(32)18-7-5-6-17(14-18)15-25/h3-9,14,16H,10-13H2,1-2H3. The molecule has 2 aromatic carbocycles. The maximum atomic E-state index is 13.0. The first-order chi connectivity index (χ1) is 15.6. The fourth-order valence-corrected chi connectivity index (χ4v) is 4.19. The number of para-hydroxylation sites is 1. The maximum absolute atomic E-state index is 13.0. The van der Waals surface area contributed by atoms with Gasteiger partial charge in [0.1, 0.15) is 5.82 Å². The molecule has 32 heavy (non-hydrogen) atoms. The number of hydrogen-bond donors (Lipinski definition) is 0. The molecule has 4 aromatic rings. The molecule has 3 heterocycles. The van der Waals surface area contributed by atoms with Crippen LogP contribution in [-0.4, -0.2) is 56.6 Å². The first kappa shape index (κ1) is 19.9. The molecular weight excluding hydrogens is 402 g/mol. The first-order valence-electron chi connectivity index (χ1n) is 10.7. The van der Waals surface area contributed by atoms with E-state index in [2.05, 4.69) is 39.4 Å². The Balaban J connectivity index is 1.46. The lowest BCUT2D eigenvalue weighted by molar-refractivity contribution is 0.0746. The van der Waals surface area contributed by atoms with Crippen molar-refractivity contribution < 1.29 is 4.79 Å². The molecule has 2 aromatic heterocycles. The molecule has 8 heteroatoms. The van der Waals surface area contributed by atoms with Gasteiger partial charge in [-0.2, -0.15) is 5.26 Å². The molecule has 1 aliphatic rings. The van der Waals surface area contributed by atoms with Crippen molar-refractivity contribution in [3.63, 3.8) is 0 Å². The van der Waals surface area contributed by atoms with Crippen LogP contribution in [0.2, 0.25) is 0 Å². The molecule has 5 rings (SSSR count). The van der Waals surface area contributed by atoms with Gasteiger partial charge >= 0.3 is 0 Å². The van der Waals surface area contributed by atoms with Gasteiger partial charge in [0.05, 0.1) is 17.1 Å². The van der Waals surface area contributed by atoms with Crippen LogP contribution in [0.3, 0.4) is 0 Å². The predicted octanol–water partition coefficient (Wildman–Crippen LogP) is 3.23. The van der Waals surface area contributed by atoms with Gasteiger partial charge in [-0.15, -0.1) is 10.2 Å². The summed E-state index contributed by atoms with van der Waals surface area (Å²) in [6.45, 7) is 6.65. The molecule has 1 aliphatic heterocycles. The van der Waals surface area contributed by atoms with Gasteiger partial charge in [0.15, 0.2) is 5.65 Å². The van der Waals surface area contributed by atoms with Gasteiger partial charge in [-0.3, -0.25) is 4.79 Å². The summed E-state index contributed by atoms with van der Waals surface area (Å²) in [7, 11) is 0. The molecule has 1 amide bonds. The molecule has 0 spiro atoms. The van der Waals surface area contributed by atoms with Crippen molar-refractivity contribution in [1.82, 2.24) is 24.5 Å². The van der Waals surface area contributed by atoms with E-state index in [0.717, 1.165) is 28.3 Å². The minimum Gasteiger partial charge on any atom is -0.338 e. The Kier molecular flexibility index (Phi) is 4.94. The molecule has 0 aliphatic carbocycles. The fraction of sp³-hybridized carbons (Fsp3) is 0.292. The SMILES string of the molecule is CC(C)c1nnc2c3ccccc3nc(N3CCN(C(=O)c4cccc(C#N)c4)CC3)n12. The highest BCUT2D eigenvalue weighted by molar-refractivity contribution is 5.95. The lowest BCUT2D eigenvalue weighted by Gasteiger charge is -2.35. The van der Waals surface area contributed by atoms with Crippen LogP contribution in [0, 0.1) is 11.3 Å². The van der Waals surface area contributed by atoms with Crippen LogP contribution in [0.25, 0.3) is 16.6 Å². The lowest BCUT2D eigenvalue weighted by atomic mass is 10.1. The summed E-state index contributed by atoms with van der Waals surface area (Å²) >= 11 is 0. The summed E-state index contributed by atoms with van der Waals surface area (Å²) in [5.74, 6) is 1.83. The molecule has 160 valence electrons. The van der Waals surface area contributed by atoms with Crippen LogP contribution in [0.15, 0.2) is 48.5 Å². The van der Waals surface area contributed by atoms with Crippen LogP contribution in [0.4, 0.5) is 5.95 Å². The van der Waals surface area contributed by atoms with Crippen LogP contribution in [-0.2, 0) is 0 Å². The quantitative estimate of drug-likeness (QED) is 0.501. The monoisotopic (exact) mass is 425 g/mol. The van der Waals surface area contributed by atoms with Gasteiger partial charge in [-0.05, 0) is 30.3 Å². The van der Waals surface area contributed by atoms with E-state index in [9.17, 15) is 4.79 Å². The van der Waals surface area contributed by atoms with Crippen molar-refractivity contribution in [3.05, 3.63) is 65.5 Å². The summed E-state index contributed by atoms with van der Waals surface area (Å²) in [4.78, 5) is 22.0. The Hall–Kier alpha value is -3.99. The zero-order valence-corrected chi connectivity index (χ0v) is 18.1. The lowest BCUT2D eigenvalue weighted by Crippen LogP contribution is -2.49. The zero-order valence-electron chi connectivity index (χ0n) is 18.1. The van der Waals surface area contributed by atoms with Crippen LogP contribution < -0.4 is 4.90 Å². The number of piperazine rings is 1. The Morgan fingerprint density at radius 2 is 1.81 bits per heavy atom. The largest absolute Gasteiger partial charge is 0.338 e. The highest BCUT2D eigenvalue weighted by Gasteiger charge is 2.26. The van der Waals surface area contributed by atoms with Crippen molar-refractivity contribution in [2.75, 3.05) is 31.1 Å². The van der Waals surface area contributed by atoms with E-state index in [-0.39, 0.29) is 11.8 Å². The number of fused-ring (bicyclic) bond motifs is 3. The van der Waals surface area contributed by atoms with E-state index in [1.807, 2.05) is 29.2 Å². The number of carbonyl (C=O) groups excluding carboxylic acids is 1. The fourth-order valence-electron chi connectivity index (χ4n) is 4.19. The molecule has 1 fully saturated rings. The maximum Gasteiger partial charge on any atom is 0.254 e. The van der Waals surface area contributed by atoms with Gasteiger partial charge in [0.25, 0.3) is 5.91 Å². The van der Waals surface area contributed by atoms with Crippen molar-refractivity contribution in [2.45, 2.75) is 19.8 Å². The highest BCUT2D eigenvalue weighted by atomic mass is 16.2. The number of rotatable bonds is 3. The molecule has 0 radical (unpaired) electrons. The van der Waals surface area contributed by atoms with Crippen molar-refractivity contribution >= 4 is 28.4 Å². The average Bonchev–Trinajstić information content (AvgIpc) is 3.29. The minimum absolute atomic E-state index is 0.0504. The summed E-state index contributed by atoms with van der Waals surface area (Å²) in [5, 5.41) is 19.0. The van der Waals surface area contributed by atoms with Crippen LogP contribution in [0.5, 0.6) is 0 Å². The molecular formula is C24H23N7O. The molecule has 0 saturated carbocycles. The number of benzene rings is 2. The predicted molar refractivity (Wildman–Crippen MR) is 122 cm³/mol. The van der Waals surface area contributed by atoms with E-state index < -0.39 is 0 Å². The second-order valence-electron chi connectivity index (χ2n) is 8.27. The van der Waals surface area contributed by atoms with E-state index >= 15 is 0 Å². The Morgan fingerprint density at radius 3 is 2.56 bits per heavy atom. The number of carbonyl (C=O) groups is 1. The van der Waals surface area contributed by atoms with E-state index in [1.165, 1.54) is 0 Å². The number of nitriles is 1. The van der Waals surface area contributed by atoms with Gasteiger partial charge in [0.2, 0.25) is 5.95 Å². The average molecular weight is 425 g/mol. The number of nitrogens with zero attached hydrogens (tertiary/aromatic N) is 7. The van der Waals surface area contributed by atoms with Crippen molar-refractivity contribution in [2.24, 2.45) is 0 Å². The van der Waals surface area contributed by atoms with Gasteiger partial charge in [-0.1, -0.05) is 32.0 Å². The third-order valence-corrected chi connectivity index (χ3v) is 5.86. The smallest absolute Gasteiger partial charge is 0.254 e. The Labute approximate surface area is 185 Å². The number of anilines is 1. The summed E-state index contributed by atoms with van der Waals surface area (Å²) in [6.07, 6.45) is 0. The van der Waals surface area contributed by atoms with E-state index in [4.69, 9.17) is 10.2 Å². The molecule has 0 atom stereocenters. The van der Waals surface area contributed by atoms with Crippen LogP contribution in [0.1, 0.15) is 41.5 Å². The molecule has 0 N–H and O–H groups in total. The summed E-state index contributed by atoms with van der Waals surface area (Å²) in [5.41, 5.74) is 2.72. The Bertz CT molecular complexity index is 1360. The number of amides is 1. The van der Waals surface area contributed by atoms with E-state index in [1.54, 1.807) is 24.3 Å². The third kappa shape index (κ3) is 3.32. The minimum atomic E-state index is -0.0504. The van der Waals surface area contributed by atoms with Crippen LogP contribution >= 0.6 is 0 Å². The zero-order chi connectivity index (χ0) is 22.2. The van der Waals surface area contributed by atoms with Gasteiger partial charge < -0.3 is 9.80 Å². The molecule has 0 unspecified atom stereocenters. The molecule has 1 saturated heterocycles. The second-order valence-corrected chi connectivity index (χ2v) is 8.27. The third-order valence-electron chi connectivity index (χ3n) is 5.86. The van der Waals surface area contributed by atoms with Gasteiger partial charge in [0, 0.05) is 43.0 Å². The number of aromatic nitrogens is 4. The first-order valence-corrected chi connectivity index (χ1v) is 10.7. The Morgan fingerprint density at radius 1 is 1.03 bits per heavy atom. The normalized spacial score (nSPS) is 14.3. The van der Waals surface area contributed by atoms with Gasteiger partial charge in [-0.25, -0.2) is 9.38 Å². The molecule has 8 nitrogen and oxygen atoms in total. The highest BCUT2D eigenvalue weighted by Crippen LogP contribution is 2.27. The summed E-state index contributed by atoms with van der Waals surface area (Å²) in [6, 6.07) is 16.9. The van der Waals surface area contributed by atoms with Crippen molar-refractivity contribution in [3.8, 4) is 6.07 Å². The molecule has 0 bridgehead atoms. The number of hydrogen-bond acceptors (Lipinski definition) is 6. The van der Waals surface area contributed by atoms with Crippen molar-refractivity contribution in [1.29, 1.82) is 5.26 Å². The topological polar surface area (TPSA) is 90.4 Å². The van der Waals surface area contributed by atoms with E-state index in [0.29, 0.717) is 37.3 Å². The second kappa shape index (κ2) is 7.93.